The zero-order valence-corrected chi connectivity index (χ0v) is 14.4. The fraction of sp³-hybridized carbons (Fsp3) is 0.474. The first-order valence-electron chi connectivity index (χ1n) is 8.87. The molecule has 6 heteroatoms. The van der Waals surface area contributed by atoms with Gasteiger partial charge in [0.1, 0.15) is 5.82 Å². The number of rotatable bonds is 4. The Hall–Kier alpha value is -2.37. The van der Waals surface area contributed by atoms with Crippen molar-refractivity contribution in [3.63, 3.8) is 0 Å². The molecule has 1 aromatic heterocycles. The summed E-state index contributed by atoms with van der Waals surface area (Å²) in [5.41, 5.74) is 2.20. The van der Waals surface area contributed by atoms with Gasteiger partial charge in [-0.2, -0.15) is 5.10 Å². The van der Waals surface area contributed by atoms with Gasteiger partial charge in [0.15, 0.2) is 0 Å². The van der Waals surface area contributed by atoms with Gasteiger partial charge in [0.2, 0.25) is 0 Å². The van der Waals surface area contributed by atoms with Crippen LogP contribution in [0.15, 0.2) is 36.7 Å². The van der Waals surface area contributed by atoms with Crippen molar-refractivity contribution in [2.45, 2.75) is 31.2 Å². The van der Waals surface area contributed by atoms with E-state index in [1.54, 1.807) is 12.1 Å². The Bertz CT molecular complexity index is 774. The minimum absolute atomic E-state index is 0.0117. The lowest BCUT2D eigenvalue weighted by molar-refractivity contribution is 0.206. The third-order valence-electron chi connectivity index (χ3n) is 5.23. The molecule has 5 nitrogen and oxygen atoms in total. The average molecular weight is 342 g/mol. The first kappa shape index (κ1) is 16.1. The summed E-state index contributed by atoms with van der Waals surface area (Å²) in [5.74, 6) is 0.522. The van der Waals surface area contributed by atoms with Crippen LogP contribution < -0.4 is 5.32 Å². The lowest BCUT2D eigenvalue weighted by Crippen LogP contribution is -2.40. The number of nitrogens with one attached hydrogen (secondary N) is 1. The molecule has 1 saturated carbocycles. The van der Waals surface area contributed by atoms with E-state index in [2.05, 4.69) is 10.4 Å². The maximum Gasteiger partial charge on any atom is 0.317 e. The predicted molar refractivity (Wildman–Crippen MR) is 92.7 cm³/mol. The third kappa shape index (κ3) is 3.67. The van der Waals surface area contributed by atoms with Gasteiger partial charge in [0.25, 0.3) is 0 Å². The number of hydrogen-bond acceptors (Lipinski definition) is 2. The monoisotopic (exact) mass is 342 g/mol. The van der Waals surface area contributed by atoms with Crippen molar-refractivity contribution >= 4 is 6.03 Å². The molecule has 1 aliphatic heterocycles. The van der Waals surface area contributed by atoms with E-state index in [-0.39, 0.29) is 23.8 Å². The van der Waals surface area contributed by atoms with Gasteiger partial charge in [-0.05, 0) is 48.4 Å². The van der Waals surface area contributed by atoms with Crippen molar-refractivity contribution in [2.24, 2.45) is 13.0 Å². The van der Waals surface area contributed by atoms with Crippen molar-refractivity contribution in [3.05, 3.63) is 53.6 Å². The number of benzene rings is 1. The van der Waals surface area contributed by atoms with Crippen LogP contribution in [0.3, 0.4) is 0 Å². The summed E-state index contributed by atoms with van der Waals surface area (Å²) in [6.45, 7) is 1.59. The van der Waals surface area contributed by atoms with Crippen molar-refractivity contribution in [3.8, 4) is 0 Å². The Morgan fingerprint density at radius 3 is 3.08 bits per heavy atom. The number of urea groups is 1. The Labute approximate surface area is 146 Å². The molecule has 132 valence electrons. The highest BCUT2D eigenvalue weighted by Gasteiger charge is 2.41. The van der Waals surface area contributed by atoms with E-state index in [1.807, 2.05) is 35.1 Å². The van der Waals surface area contributed by atoms with Crippen LogP contribution >= 0.6 is 0 Å². The van der Waals surface area contributed by atoms with Crippen molar-refractivity contribution in [1.29, 1.82) is 0 Å². The maximum atomic E-state index is 13.3. The molecule has 1 N–H and O–H groups in total. The number of amides is 2. The summed E-state index contributed by atoms with van der Waals surface area (Å²) in [6, 6.07) is 6.82. The van der Waals surface area contributed by atoms with E-state index in [0.717, 1.165) is 37.9 Å². The number of nitrogens with zero attached hydrogens (tertiary/aromatic N) is 3. The number of likely N-dealkylation sites (tertiary alicyclic amines) is 1. The van der Waals surface area contributed by atoms with E-state index in [0.29, 0.717) is 5.92 Å². The molecule has 2 amide bonds. The molecule has 3 unspecified atom stereocenters. The van der Waals surface area contributed by atoms with Crippen LogP contribution in [0.25, 0.3) is 0 Å². The summed E-state index contributed by atoms with van der Waals surface area (Å²) in [6.07, 6.45) is 6.82. The first-order chi connectivity index (χ1) is 12.1. The Morgan fingerprint density at radius 1 is 1.44 bits per heavy atom. The van der Waals surface area contributed by atoms with Crippen molar-refractivity contribution in [1.82, 2.24) is 20.0 Å². The molecule has 2 aliphatic rings. The molecule has 0 bridgehead atoms. The van der Waals surface area contributed by atoms with Crippen LogP contribution in [0.4, 0.5) is 9.18 Å². The van der Waals surface area contributed by atoms with Gasteiger partial charge in [-0.15, -0.1) is 0 Å². The van der Waals surface area contributed by atoms with Gasteiger partial charge in [-0.3, -0.25) is 4.68 Å². The molecule has 1 aromatic carbocycles. The lowest BCUT2D eigenvalue weighted by Gasteiger charge is -2.17. The molecule has 2 heterocycles. The number of halogens is 1. The number of carbonyl (C=O) groups is 1. The SMILES string of the molecule is Cn1cc(CC2CCN(C(=O)NC3CC3c3cccc(F)c3)C2)cn1. The quantitative estimate of drug-likeness (QED) is 0.929. The van der Waals surface area contributed by atoms with Gasteiger partial charge in [-0.25, -0.2) is 9.18 Å². The predicted octanol–water partition coefficient (Wildman–Crippen LogP) is 2.69. The van der Waals surface area contributed by atoms with Crippen LogP contribution in [0, 0.1) is 11.7 Å². The number of carbonyl (C=O) groups excluding carboxylic acids is 1. The highest BCUT2D eigenvalue weighted by molar-refractivity contribution is 5.75. The second kappa shape index (κ2) is 6.50. The molecule has 2 fully saturated rings. The normalized spacial score (nSPS) is 25.2. The Morgan fingerprint density at radius 2 is 2.32 bits per heavy atom. The number of aromatic nitrogens is 2. The fourth-order valence-electron chi connectivity index (χ4n) is 3.80. The molecule has 3 atom stereocenters. The molecular weight excluding hydrogens is 319 g/mol. The Kier molecular flexibility index (Phi) is 4.19. The van der Waals surface area contributed by atoms with Crippen LogP contribution in [0.5, 0.6) is 0 Å². The van der Waals surface area contributed by atoms with Gasteiger partial charge < -0.3 is 10.2 Å². The molecule has 4 rings (SSSR count). The van der Waals surface area contributed by atoms with Crippen LogP contribution in [-0.4, -0.2) is 39.8 Å². The van der Waals surface area contributed by atoms with Crippen LogP contribution in [0.2, 0.25) is 0 Å². The zero-order valence-electron chi connectivity index (χ0n) is 14.4. The second-order valence-electron chi connectivity index (χ2n) is 7.28. The maximum absolute atomic E-state index is 13.3. The van der Waals surface area contributed by atoms with Gasteiger partial charge in [-0.1, -0.05) is 12.1 Å². The highest BCUT2D eigenvalue weighted by Crippen LogP contribution is 2.41. The molecule has 2 aromatic rings. The lowest BCUT2D eigenvalue weighted by atomic mass is 10.0. The highest BCUT2D eigenvalue weighted by atomic mass is 19.1. The summed E-state index contributed by atoms with van der Waals surface area (Å²) in [4.78, 5) is 14.4. The van der Waals surface area contributed by atoms with E-state index in [9.17, 15) is 9.18 Å². The molecule has 0 spiro atoms. The summed E-state index contributed by atoms with van der Waals surface area (Å²) in [5, 5.41) is 7.30. The summed E-state index contributed by atoms with van der Waals surface area (Å²) in [7, 11) is 1.92. The molecule has 1 saturated heterocycles. The zero-order chi connectivity index (χ0) is 17.4. The minimum atomic E-state index is -0.215. The van der Waals surface area contributed by atoms with Crippen molar-refractivity contribution in [2.75, 3.05) is 13.1 Å². The number of aryl methyl sites for hydroxylation is 1. The topological polar surface area (TPSA) is 50.2 Å². The average Bonchev–Trinajstić information content (AvgIpc) is 2.98. The molecule has 1 aliphatic carbocycles. The van der Waals surface area contributed by atoms with Gasteiger partial charge >= 0.3 is 6.03 Å². The smallest absolute Gasteiger partial charge is 0.317 e. The summed E-state index contributed by atoms with van der Waals surface area (Å²) < 4.78 is 15.1. The molecule has 25 heavy (non-hydrogen) atoms. The first-order valence-corrected chi connectivity index (χ1v) is 8.87. The second-order valence-corrected chi connectivity index (χ2v) is 7.28. The standard InChI is InChI=1S/C19H23FN4O/c1-23-11-14(10-21-23)7-13-5-6-24(12-13)19(25)22-18-9-17(18)15-3-2-4-16(20)8-15/h2-4,8,10-11,13,17-18H,5-7,9,12H2,1H3,(H,22,25). The van der Waals surface area contributed by atoms with E-state index in [1.165, 1.54) is 11.6 Å². The Balaban J connectivity index is 1.27. The molecule has 0 radical (unpaired) electrons. The van der Waals surface area contributed by atoms with E-state index >= 15 is 0 Å². The molecular formula is C19H23FN4O. The van der Waals surface area contributed by atoms with Crippen molar-refractivity contribution < 1.29 is 9.18 Å². The summed E-state index contributed by atoms with van der Waals surface area (Å²) >= 11 is 0. The largest absolute Gasteiger partial charge is 0.335 e. The number of hydrogen-bond donors (Lipinski definition) is 1. The fourth-order valence-corrected chi connectivity index (χ4v) is 3.80. The van der Waals surface area contributed by atoms with Crippen LogP contribution in [-0.2, 0) is 13.5 Å². The van der Waals surface area contributed by atoms with Gasteiger partial charge in [0.05, 0.1) is 6.20 Å². The van der Waals surface area contributed by atoms with Crippen LogP contribution in [0.1, 0.15) is 29.9 Å². The van der Waals surface area contributed by atoms with E-state index < -0.39 is 0 Å². The van der Waals surface area contributed by atoms with E-state index in [4.69, 9.17) is 0 Å². The minimum Gasteiger partial charge on any atom is -0.335 e. The third-order valence-corrected chi connectivity index (χ3v) is 5.23. The van der Waals surface area contributed by atoms with Gasteiger partial charge in [0, 0.05) is 38.3 Å².